The van der Waals surface area contributed by atoms with E-state index in [0.29, 0.717) is 12.4 Å². The molecule has 1 saturated carbocycles. The lowest BCUT2D eigenvalue weighted by molar-refractivity contribution is 0.244. The lowest BCUT2D eigenvalue weighted by Gasteiger charge is -2.22. The summed E-state index contributed by atoms with van der Waals surface area (Å²) in [4.78, 5) is 12.1. The van der Waals surface area contributed by atoms with Crippen molar-refractivity contribution in [2.45, 2.75) is 51.6 Å². The van der Waals surface area contributed by atoms with Gasteiger partial charge in [-0.1, -0.05) is 43.0 Å². The minimum absolute atomic E-state index is 0.168. The maximum absolute atomic E-state index is 12.1. The molecule has 1 fully saturated rings. The first-order chi connectivity index (χ1) is 11.6. The van der Waals surface area contributed by atoms with Crippen molar-refractivity contribution < 1.29 is 4.79 Å². The van der Waals surface area contributed by atoms with Gasteiger partial charge >= 0.3 is 6.03 Å². The normalized spacial score (nSPS) is 15.2. The quantitative estimate of drug-likeness (QED) is 0.864. The van der Waals surface area contributed by atoms with Crippen molar-refractivity contribution >= 4 is 23.4 Å². The van der Waals surface area contributed by atoms with E-state index >= 15 is 0 Å². The molecule has 1 aromatic heterocycles. The Bertz CT molecular complexity index is 690. The summed E-state index contributed by atoms with van der Waals surface area (Å²) in [6.07, 6.45) is 5.79. The number of nitrogens with zero attached hydrogens (tertiary/aromatic N) is 2. The van der Waals surface area contributed by atoms with Gasteiger partial charge in [-0.3, -0.25) is 10.00 Å². The minimum Gasteiger partial charge on any atom is -0.335 e. The summed E-state index contributed by atoms with van der Waals surface area (Å²) < 4.78 is 1.87. The number of carbonyl (C=O) groups excluding carboxylic acids is 1. The third kappa shape index (κ3) is 4.51. The molecular weight excluding hydrogens is 324 g/mol. The van der Waals surface area contributed by atoms with E-state index in [1.54, 1.807) is 0 Å². The number of hydrogen-bond donors (Lipinski definition) is 2. The monoisotopic (exact) mass is 346 g/mol. The molecule has 5 nitrogen and oxygen atoms in total. The number of halogens is 1. The molecule has 3 rings (SSSR count). The summed E-state index contributed by atoms with van der Waals surface area (Å²) in [6, 6.07) is 9.70. The average Bonchev–Trinajstić information content (AvgIpc) is 2.89. The molecule has 1 aliphatic rings. The molecule has 6 heteroatoms. The van der Waals surface area contributed by atoms with Gasteiger partial charge in [0.05, 0.1) is 6.54 Å². The van der Waals surface area contributed by atoms with Crippen molar-refractivity contribution in [2.75, 3.05) is 5.32 Å². The molecule has 0 unspecified atom stereocenters. The van der Waals surface area contributed by atoms with E-state index in [-0.39, 0.29) is 12.1 Å². The Morgan fingerprint density at radius 1 is 1.25 bits per heavy atom. The molecule has 0 aliphatic heterocycles. The van der Waals surface area contributed by atoms with Crippen molar-refractivity contribution in [3.8, 4) is 0 Å². The number of amides is 2. The fourth-order valence-electron chi connectivity index (χ4n) is 3.08. The Hall–Kier alpha value is -2.01. The van der Waals surface area contributed by atoms with E-state index in [9.17, 15) is 4.79 Å². The zero-order valence-corrected chi connectivity index (χ0v) is 14.6. The fourth-order valence-corrected chi connectivity index (χ4v) is 3.20. The van der Waals surface area contributed by atoms with E-state index < -0.39 is 0 Å². The molecule has 0 saturated heterocycles. The third-order valence-corrected chi connectivity index (χ3v) is 4.66. The zero-order valence-electron chi connectivity index (χ0n) is 13.9. The lowest BCUT2D eigenvalue weighted by Crippen LogP contribution is -2.39. The zero-order chi connectivity index (χ0) is 16.9. The van der Waals surface area contributed by atoms with Gasteiger partial charge in [0.2, 0.25) is 0 Å². The van der Waals surface area contributed by atoms with Crippen LogP contribution >= 0.6 is 11.6 Å². The van der Waals surface area contributed by atoms with Crippen LogP contribution in [0.2, 0.25) is 5.02 Å². The number of aryl methyl sites for hydroxylation is 1. The highest BCUT2D eigenvalue weighted by molar-refractivity contribution is 6.30. The van der Waals surface area contributed by atoms with Gasteiger partial charge in [0.15, 0.2) is 5.82 Å². The summed E-state index contributed by atoms with van der Waals surface area (Å²) in [5.74, 6) is 0.578. The van der Waals surface area contributed by atoms with E-state index in [0.717, 1.165) is 29.1 Å². The van der Waals surface area contributed by atoms with Gasteiger partial charge in [-0.15, -0.1) is 0 Å². The largest absolute Gasteiger partial charge is 0.335 e. The smallest absolute Gasteiger partial charge is 0.320 e. The summed E-state index contributed by atoms with van der Waals surface area (Å²) in [7, 11) is 0. The molecule has 1 aromatic carbocycles. The first kappa shape index (κ1) is 16.8. The first-order valence-electron chi connectivity index (χ1n) is 8.46. The van der Waals surface area contributed by atoms with Crippen LogP contribution in [0.5, 0.6) is 0 Å². The van der Waals surface area contributed by atoms with Crippen LogP contribution in [0.3, 0.4) is 0 Å². The van der Waals surface area contributed by atoms with Crippen LogP contribution in [0, 0.1) is 6.92 Å². The van der Waals surface area contributed by atoms with Crippen molar-refractivity contribution in [3.63, 3.8) is 0 Å². The van der Waals surface area contributed by atoms with Gasteiger partial charge in [-0.2, -0.15) is 5.10 Å². The van der Waals surface area contributed by atoms with Crippen LogP contribution in [-0.4, -0.2) is 21.9 Å². The predicted octanol–water partition coefficient (Wildman–Crippen LogP) is 4.35. The summed E-state index contributed by atoms with van der Waals surface area (Å²) in [5.41, 5.74) is 2.11. The first-order valence-corrected chi connectivity index (χ1v) is 8.84. The number of benzene rings is 1. The molecule has 0 spiro atoms. The molecular formula is C18H23ClN4O. The molecule has 1 aliphatic carbocycles. The van der Waals surface area contributed by atoms with Crippen LogP contribution in [0.1, 0.15) is 43.4 Å². The molecule has 2 aromatic rings. The van der Waals surface area contributed by atoms with Crippen LogP contribution in [0.15, 0.2) is 30.3 Å². The maximum Gasteiger partial charge on any atom is 0.320 e. The summed E-state index contributed by atoms with van der Waals surface area (Å²) in [5, 5.41) is 11.1. The Kier molecular flexibility index (Phi) is 5.41. The Morgan fingerprint density at radius 2 is 1.96 bits per heavy atom. The number of anilines is 1. The fraction of sp³-hybridized carbons (Fsp3) is 0.444. The SMILES string of the molecule is Cc1cc(NC(=O)NC2CCCCC2)nn1Cc1ccc(Cl)cc1. The highest BCUT2D eigenvalue weighted by Gasteiger charge is 2.16. The molecule has 24 heavy (non-hydrogen) atoms. The Labute approximate surface area is 147 Å². The molecule has 128 valence electrons. The second kappa shape index (κ2) is 7.71. The summed E-state index contributed by atoms with van der Waals surface area (Å²) in [6.45, 7) is 2.63. The molecule has 2 N–H and O–H groups in total. The topological polar surface area (TPSA) is 59.0 Å². The highest BCUT2D eigenvalue weighted by Crippen LogP contribution is 2.18. The number of aromatic nitrogens is 2. The minimum atomic E-state index is -0.168. The van der Waals surface area contributed by atoms with Crippen LogP contribution in [-0.2, 0) is 6.54 Å². The highest BCUT2D eigenvalue weighted by atomic mass is 35.5. The van der Waals surface area contributed by atoms with Gasteiger partial charge in [-0.25, -0.2) is 4.79 Å². The number of hydrogen-bond acceptors (Lipinski definition) is 2. The molecule has 0 radical (unpaired) electrons. The number of nitrogens with one attached hydrogen (secondary N) is 2. The standard InChI is InChI=1S/C18H23ClN4O/c1-13-11-17(21-18(24)20-16-5-3-2-4-6-16)22-23(13)12-14-7-9-15(19)10-8-14/h7-11,16H,2-6,12H2,1H3,(H2,20,21,22,24). The van der Waals surface area contributed by atoms with Crippen LogP contribution in [0.25, 0.3) is 0 Å². The van der Waals surface area contributed by atoms with Crippen molar-refractivity contribution in [1.29, 1.82) is 0 Å². The van der Waals surface area contributed by atoms with Gasteiger partial charge < -0.3 is 5.32 Å². The van der Waals surface area contributed by atoms with E-state index in [1.165, 1.54) is 19.3 Å². The second-order valence-electron chi connectivity index (χ2n) is 6.39. The Balaban J connectivity index is 1.58. The third-order valence-electron chi connectivity index (χ3n) is 4.41. The van der Waals surface area contributed by atoms with Gasteiger partial charge in [0.25, 0.3) is 0 Å². The van der Waals surface area contributed by atoms with Gasteiger partial charge in [0.1, 0.15) is 0 Å². The van der Waals surface area contributed by atoms with Gasteiger partial charge in [-0.05, 0) is 37.5 Å². The number of carbonyl (C=O) groups is 1. The van der Waals surface area contributed by atoms with E-state index in [2.05, 4.69) is 15.7 Å². The Morgan fingerprint density at radius 3 is 2.67 bits per heavy atom. The van der Waals surface area contributed by atoms with Gasteiger partial charge in [0, 0.05) is 22.8 Å². The number of rotatable bonds is 4. The maximum atomic E-state index is 12.1. The van der Waals surface area contributed by atoms with Crippen molar-refractivity contribution in [1.82, 2.24) is 15.1 Å². The lowest BCUT2D eigenvalue weighted by atomic mass is 9.96. The molecule has 2 amide bonds. The number of urea groups is 1. The molecule has 0 bridgehead atoms. The van der Waals surface area contributed by atoms with E-state index in [1.807, 2.05) is 41.9 Å². The van der Waals surface area contributed by atoms with Crippen molar-refractivity contribution in [2.24, 2.45) is 0 Å². The molecule has 0 atom stereocenters. The average molecular weight is 347 g/mol. The summed E-state index contributed by atoms with van der Waals surface area (Å²) >= 11 is 5.91. The van der Waals surface area contributed by atoms with Crippen molar-refractivity contribution in [3.05, 3.63) is 46.6 Å². The second-order valence-corrected chi connectivity index (χ2v) is 6.82. The van der Waals surface area contributed by atoms with Crippen LogP contribution < -0.4 is 10.6 Å². The predicted molar refractivity (Wildman–Crippen MR) is 96.5 cm³/mol. The molecule has 1 heterocycles. The van der Waals surface area contributed by atoms with E-state index in [4.69, 9.17) is 11.6 Å². The van der Waals surface area contributed by atoms with Crippen LogP contribution in [0.4, 0.5) is 10.6 Å².